The molecule has 0 aromatic carbocycles. The molecule has 0 atom stereocenters. The van der Waals surface area contributed by atoms with Crippen molar-refractivity contribution < 1.29 is 4.43 Å². The Labute approximate surface area is 76.8 Å². The summed E-state index contributed by atoms with van der Waals surface area (Å²) in [4.78, 5) is 6.45. The average Bonchev–Trinajstić information content (AvgIpc) is 2.57. The van der Waals surface area contributed by atoms with Crippen LogP contribution in [0.25, 0.3) is 0 Å². The van der Waals surface area contributed by atoms with Crippen LogP contribution in [-0.2, 0) is 4.43 Å². The minimum atomic E-state index is -0.198. The van der Waals surface area contributed by atoms with Crippen molar-refractivity contribution in [2.75, 3.05) is 26.2 Å². The Morgan fingerprint density at radius 1 is 1.67 bits per heavy atom. The summed E-state index contributed by atoms with van der Waals surface area (Å²) < 4.78 is 5.38. The van der Waals surface area contributed by atoms with Crippen LogP contribution in [0, 0.1) is 0 Å². The number of hydrogen-bond acceptors (Lipinski definition) is 3. The standard InChI is InChI=1S/C8H18N2OSi/c1-2-11-12-7-3-5-10-6-4-9-8-10/h8H,2-7,12H2,1H3. The van der Waals surface area contributed by atoms with E-state index in [0.717, 1.165) is 19.7 Å². The minimum absolute atomic E-state index is 0.198. The smallest absolute Gasteiger partial charge is 0.161 e. The quantitative estimate of drug-likeness (QED) is 0.439. The molecule has 4 heteroatoms. The molecular weight excluding hydrogens is 168 g/mol. The second-order valence-electron chi connectivity index (χ2n) is 2.96. The fraction of sp³-hybridized carbons (Fsp3) is 0.875. The molecule has 0 unspecified atom stereocenters. The second kappa shape index (κ2) is 6.19. The molecule has 1 heterocycles. The monoisotopic (exact) mass is 186 g/mol. The van der Waals surface area contributed by atoms with Gasteiger partial charge in [-0.1, -0.05) is 0 Å². The lowest BCUT2D eigenvalue weighted by Gasteiger charge is -2.12. The summed E-state index contributed by atoms with van der Waals surface area (Å²) in [6.45, 7) is 6.25. The third-order valence-electron chi connectivity index (χ3n) is 1.95. The normalized spacial score (nSPS) is 16.9. The first-order valence-corrected chi connectivity index (χ1v) is 6.33. The van der Waals surface area contributed by atoms with Gasteiger partial charge in [0.05, 0.1) is 12.9 Å². The van der Waals surface area contributed by atoms with Crippen molar-refractivity contribution in [3.63, 3.8) is 0 Å². The van der Waals surface area contributed by atoms with Crippen LogP contribution in [0.4, 0.5) is 0 Å². The van der Waals surface area contributed by atoms with Gasteiger partial charge in [0.2, 0.25) is 0 Å². The molecule has 70 valence electrons. The minimum Gasteiger partial charge on any atom is -0.424 e. The van der Waals surface area contributed by atoms with E-state index in [4.69, 9.17) is 4.43 Å². The summed E-state index contributed by atoms with van der Waals surface area (Å²) in [5, 5.41) is 0. The third kappa shape index (κ3) is 3.87. The SMILES string of the molecule is CCO[SiH2]CCCN1C=NCC1. The molecule has 0 spiro atoms. The molecule has 0 aromatic heterocycles. The van der Waals surface area contributed by atoms with Crippen molar-refractivity contribution in [3.05, 3.63) is 0 Å². The van der Waals surface area contributed by atoms with Crippen molar-refractivity contribution in [1.82, 2.24) is 4.90 Å². The lowest BCUT2D eigenvalue weighted by atomic mass is 10.4. The zero-order chi connectivity index (χ0) is 8.65. The molecule has 0 saturated heterocycles. The highest BCUT2D eigenvalue weighted by atomic mass is 28.2. The molecule has 0 amide bonds. The fourth-order valence-corrected chi connectivity index (χ4v) is 2.17. The van der Waals surface area contributed by atoms with Gasteiger partial charge in [0, 0.05) is 19.7 Å². The lowest BCUT2D eigenvalue weighted by Crippen LogP contribution is -2.21. The number of aliphatic imine (C=N–C) groups is 1. The van der Waals surface area contributed by atoms with Gasteiger partial charge >= 0.3 is 0 Å². The second-order valence-corrected chi connectivity index (χ2v) is 4.49. The van der Waals surface area contributed by atoms with Gasteiger partial charge < -0.3 is 9.33 Å². The predicted octanol–water partition coefficient (Wildman–Crippen LogP) is 0.259. The third-order valence-corrected chi connectivity index (χ3v) is 3.43. The molecule has 0 aliphatic carbocycles. The van der Waals surface area contributed by atoms with Crippen LogP contribution in [0.5, 0.6) is 0 Å². The molecule has 12 heavy (non-hydrogen) atoms. The zero-order valence-corrected chi connectivity index (χ0v) is 9.24. The number of nitrogens with zero attached hydrogens (tertiary/aromatic N) is 2. The summed E-state index contributed by atoms with van der Waals surface area (Å²) in [5.41, 5.74) is 0. The van der Waals surface area contributed by atoms with Crippen LogP contribution in [0.3, 0.4) is 0 Å². The van der Waals surface area contributed by atoms with E-state index in [1.54, 1.807) is 0 Å². The van der Waals surface area contributed by atoms with Gasteiger partial charge in [-0.25, -0.2) is 0 Å². The van der Waals surface area contributed by atoms with E-state index in [1.165, 1.54) is 19.0 Å². The summed E-state index contributed by atoms with van der Waals surface area (Å²) in [5.74, 6) is 0. The molecule has 0 fully saturated rings. The van der Waals surface area contributed by atoms with Gasteiger partial charge in [-0.3, -0.25) is 4.99 Å². The van der Waals surface area contributed by atoms with Crippen LogP contribution in [0.1, 0.15) is 13.3 Å². The summed E-state index contributed by atoms with van der Waals surface area (Å²) in [7, 11) is -0.198. The Morgan fingerprint density at radius 3 is 3.25 bits per heavy atom. The van der Waals surface area contributed by atoms with E-state index in [1.807, 2.05) is 6.34 Å². The Kier molecular flexibility index (Phi) is 5.02. The van der Waals surface area contributed by atoms with Crippen LogP contribution in [0.2, 0.25) is 6.04 Å². The van der Waals surface area contributed by atoms with E-state index in [0.29, 0.717) is 0 Å². The van der Waals surface area contributed by atoms with Crippen molar-refractivity contribution in [3.8, 4) is 0 Å². The van der Waals surface area contributed by atoms with Crippen molar-refractivity contribution >= 4 is 16.1 Å². The summed E-state index contributed by atoms with van der Waals surface area (Å²) in [6, 6.07) is 1.30. The van der Waals surface area contributed by atoms with Gasteiger partial charge in [-0.05, 0) is 19.4 Å². The van der Waals surface area contributed by atoms with Gasteiger partial charge in [0.15, 0.2) is 9.76 Å². The van der Waals surface area contributed by atoms with Gasteiger partial charge in [0.25, 0.3) is 0 Å². The van der Waals surface area contributed by atoms with Crippen LogP contribution >= 0.6 is 0 Å². The van der Waals surface area contributed by atoms with Gasteiger partial charge in [-0.15, -0.1) is 0 Å². The maximum absolute atomic E-state index is 5.38. The van der Waals surface area contributed by atoms with Gasteiger partial charge in [-0.2, -0.15) is 0 Å². The van der Waals surface area contributed by atoms with E-state index >= 15 is 0 Å². The molecular formula is C8H18N2OSi. The largest absolute Gasteiger partial charge is 0.424 e. The van der Waals surface area contributed by atoms with E-state index in [2.05, 4.69) is 16.8 Å². The Bertz CT molecular complexity index is 141. The van der Waals surface area contributed by atoms with Crippen molar-refractivity contribution in [2.45, 2.75) is 19.4 Å². The topological polar surface area (TPSA) is 24.8 Å². The highest BCUT2D eigenvalue weighted by molar-refractivity contribution is 6.26. The predicted molar refractivity (Wildman–Crippen MR) is 54.5 cm³/mol. The summed E-state index contributed by atoms with van der Waals surface area (Å²) in [6.07, 6.45) is 3.25. The Morgan fingerprint density at radius 2 is 2.58 bits per heavy atom. The van der Waals surface area contributed by atoms with Crippen molar-refractivity contribution in [1.29, 1.82) is 0 Å². The molecule has 0 radical (unpaired) electrons. The maximum Gasteiger partial charge on any atom is 0.161 e. The molecule has 0 bridgehead atoms. The molecule has 1 rings (SSSR count). The van der Waals surface area contributed by atoms with E-state index in [-0.39, 0.29) is 9.76 Å². The lowest BCUT2D eigenvalue weighted by molar-refractivity contribution is 0.357. The fourth-order valence-electron chi connectivity index (χ4n) is 1.25. The molecule has 0 aromatic rings. The maximum atomic E-state index is 5.38. The molecule has 0 N–H and O–H groups in total. The van der Waals surface area contributed by atoms with Crippen LogP contribution < -0.4 is 0 Å². The van der Waals surface area contributed by atoms with Crippen LogP contribution in [-0.4, -0.2) is 47.2 Å². The average molecular weight is 186 g/mol. The van der Waals surface area contributed by atoms with Crippen LogP contribution in [0.15, 0.2) is 4.99 Å². The first kappa shape index (κ1) is 9.73. The van der Waals surface area contributed by atoms with E-state index < -0.39 is 0 Å². The molecule has 1 aliphatic rings. The highest BCUT2D eigenvalue weighted by Gasteiger charge is 2.03. The molecule has 0 saturated carbocycles. The van der Waals surface area contributed by atoms with E-state index in [9.17, 15) is 0 Å². The number of rotatable bonds is 6. The van der Waals surface area contributed by atoms with Gasteiger partial charge in [0.1, 0.15) is 0 Å². The number of hydrogen-bond donors (Lipinski definition) is 0. The molecule has 3 nitrogen and oxygen atoms in total. The zero-order valence-electron chi connectivity index (χ0n) is 7.83. The first-order valence-electron chi connectivity index (χ1n) is 4.75. The highest BCUT2D eigenvalue weighted by Crippen LogP contribution is 1.97. The molecule has 1 aliphatic heterocycles. The Hall–Kier alpha value is -0.353. The Balaban J connectivity index is 1.85. The summed E-state index contributed by atoms with van der Waals surface area (Å²) >= 11 is 0. The van der Waals surface area contributed by atoms with Crippen molar-refractivity contribution in [2.24, 2.45) is 4.99 Å². The first-order chi connectivity index (χ1) is 5.93.